The fraction of sp³-hybridized carbons (Fsp3) is 0. The van der Waals surface area contributed by atoms with Gasteiger partial charge in [-0.2, -0.15) is 0 Å². The zero-order valence-corrected chi connectivity index (χ0v) is 15.0. The fourth-order valence-electron chi connectivity index (χ4n) is 4.59. The fourth-order valence-corrected chi connectivity index (χ4v) is 4.59. The van der Waals surface area contributed by atoms with Gasteiger partial charge in [0, 0.05) is 38.0 Å². The normalized spacial score (nSPS) is 12.3. The van der Waals surface area contributed by atoms with Gasteiger partial charge in [0.15, 0.2) is 0 Å². The van der Waals surface area contributed by atoms with E-state index in [1.54, 1.807) is 0 Å². The summed E-state index contributed by atoms with van der Waals surface area (Å²) >= 11 is 0. The molecular formula is C26H15NO. The Balaban J connectivity index is 1.64. The van der Waals surface area contributed by atoms with Crippen molar-refractivity contribution in [2.75, 3.05) is 0 Å². The zero-order chi connectivity index (χ0) is 18.2. The summed E-state index contributed by atoms with van der Waals surface area (Å²) in [5.41, 5.74) is 4.22. The zero-order valence-electron chi connectivity index (χ0n) is 15.0. The average molecular weight is 357 g/mol. The standard InChI is InChI=1S/C26H15NO/c1-2-7-17-12-23-20(11-16(17)6-1)21-14-25-22(13-24(21)27-23)19-10-9-15-5-3-4-8-18(15)26(19)28-25/h1-14,27H. The van der Waals surface area contributed by atoms with Gasteiger partial charge in [-0.3, -0.25) is 0 Å². The third-order valence-corrected chi connectivity index (χ3v) is 5.95. The van der Waals surface area contributed by atoms with E-state index in [0.29, 0.717) is 0 Å². The van der Waals surface area contributed by atoms with E-state index in [0.717, 1.165) is 33.0 Å². The molecule has 0 atom stereocenters. The predicted molar refractivity (Wildman–Crippen MR) is 118 cm³/mol. The highest BCUT2D eigenvalue weighted by Gasteiger charge is 2.13. The summed E-state index contributed by atoms with van der Waals surface area (Å²) < 4.78 is 6.37. The first-order valence-electron chi connectivity index (χ1n) is 9.53. The summed E-state index contributed by atoms with van der Waals surface area (Å²) in [6.45, 7) is 0. The smallest absolute Gasteiger partial charge is 0.143 e. The third kappa shape index (κ3) is 1.77. The largest absolute Gasteiger partial charge is 0.455 e. The van der Waals surface area contributed by atoms with Crippen LogP contribution >= 0.6 is 0 Å². The Morgan fingerprint density at radius 3 is 2.11 bits per heavy atom. The van der Waals surface area contributed by atoms with Crippen molar-refractivity contribution < 1.29 is 4.42 Å². The number of H-pyrrole nitrogens is 1. The van der Waals surface area contributed by atoms with Crippen LogP contribution in [0.15, 0.2) is 89.3 Å². The van der Waals surface area contributed by atoms with E-state index in [9.17, 15) is 0 Å². The molecule has 5 aromatic carbocycles. The van der Waals surface area contributed by atoms with E-state index < -0.39 is 0 Å². The first-order valence-corrected chi connectivity index (χ1v) is 9.53. The van der Waals surface area contributed by atoms with Gasteiger partial charge < -0.3 is 9.40 Å². The summed E-state index contributed by atoms with van der Waals surface area (Å²) in [4.78, 5) is 3.61. The first-order chi connectivity index (χ1) is 13.8. The Kier molecular flexibility index (Phi) is 2.52. The minimum Gasteiger partial charge on any atom is -0.455 e. The highest BCUT2D eigenvalue weighted by atomic mass is 16.3. The molecule has 0 radical (unpaired) electrons. The van der Waals surface area contributed by atoms with Crippen molar-refractivity contribution >= 4 is 65.3 Å². The van der Waals surface area contributed by atoms with Crippen molar-refractivity contribution in [2.24, 2.45) is 0 Å². The Hall–Kier alpha value is -3.78. The van der Waals surface area contributed by atoms with Crippen LogP contribution in [0.2, 0.25) is 0 Å². The Bertz CT molecular complexity index is 1710. The van der Waals surface area contributed by atoms with E-state index in [1.165, 1.54) is 32.3 Å². The second-order valence-corrected chi connectivity index (χ2v) is 7.53. The van der Waals surface area contributed by atoms with Crippen LogP contribution in [0.4, 0.5) is 0 Å². The van der Waals surface area contributed by atoms with Crippen LogP contribution in [-0.4, -0.2) is 4.98 Å². The Labute approximate surface area is 160 Å². The second-order valence-electron chi connectivity index (χ2n) is 7.53. The first kappa shape index (κ1) is 14.3. The maximum absolute atomic E-state index is 6.37. The minimum absolute atomic E-state index is 0.938. The van der Waals surface area contributed by atoms with Crippen LogP contribution in [0.3, 0.4) is 0 Å². The summed E-state index contributed by atoms with van der Waals surface area (Å²) in [6.07, 6.45) is 0. The number of aromatic amines is 1. The van der Waals surface area contributed by atoms with Gasteiger partial charge in [-0.05, 0) is 46.5 Å². The van der Waals surface area contributed by atoms with Gasteiger partial charge in [-0.1, -0.05) is 54.6 Å². The lowest BCUT2D eigenvalue weighted by atomic mass is 10.0. The summed E-state index contributed by atoms with van der Waals surface area (Å²) in [6, 6.07) is 30.2. The molecule has 0 fully saturated rings. The van der Waals surface area contributed by atoms with Crippen LogP contribution < -0.4 is 0 Å². The lowest BCUT2D eigenvalue weighted by Gasteiger charge is -1.98. The molecule has 0 unspecified atom stereocenters. The van der Waals surface area contributed by atoms with Crippen LogP contribution in [0.1, 0.15) is 0 Å². The monoisotopic (exact) mass is 357 g/mol. The van der Waals surface area contributed by atoms with Gasteiger partial charge in [0.2, 0.25) is 0 Å². The molecule has 0 saturated carbocycles. The average Bonchev–Trinajstić information content (AvgIpc) is 3.27. The lowest BCUT2D eigenvalue weighted by Crippen LogP contribution is -1.73. The van der Waals surface area contributed by atoms with Gasteiger partial charge in [-0.15, -0.1) is 0 Å². The molecule has 7 aromatic rings. The van der Waals surface area contributed by atoms with Crippen LogP contribution in [0.5, 0.6) is 0 Å². The molecule has 0 spiro atoms. The minimum atomic E-state index is 0.938. The van der Waals surface area contributed by atoms with Crippen LogP contribution in [-0.2, 0) is 0 Å². The van der Waals surface area contributed by atoms with E-state index in [-0.39, 0.29) is 0 Å². The molecule has 0 aliphatic heterocycles. The molecule has 0 saturated heterocycles. The number of aromatic nitrogens is 1. The molecule has 2 heteroatoms. The molecule has 2 heterocycles. The summed E-state index contributed by atoms with van der Waals surface area (Å²) in [5.74, 6) is 0. The van der Waals surface area contributed by atoms with Crippen molar-refractivity contribution in [3.05, 3.63) is 84.9 Å². The number of fused-ring (bicyclic) bond motifs is 9. The molecule has 0 aliphatic rings. The predicted octanol–water partition coefficient (Wildman–Crippen LogP) is 7.53. The molecule has 28 heavy (non-hydrogen) atoms. The van der Waals surface area contributed by atoms with Crippen LogP contribution in [0.25, 0.3) is 65.3 Å². The molecule has 0 bridgehead atoms. The molecule has 7 rings (SSSR count). The number of furan rings is 1. The van der Waals surface area contributed by atoms with Gasteiger partial charge in [0.25, 0.3) is 0 Å². The molecule has 0 amide bonds. The maximum Gasteiger partial charge on any atom is 0.143 e. The Morgan fingerprint density at radius 1 is 0.500 bits per heavy atom. The van der Waals surface area contributed by atoms with Gasteiger partial charge >= 0.3 is 0 Å². The van der Waals surface area contributed by atoms with Crippen molar-refractivity contribution in [1.29, 1.82) is 0 Å². The number of hydrogen-bond acceptors (Lipinski definition) is 1. The number of rotatable bonds is 0. The molecule has 1 N–H and O–H groups in total. The van der Waals surface area contributed by atoms with Crippen molar-refractivity contribution in [3.8, 4) is 0 Å². The lowest BCUT2D eigenvalue weighted by molar-refractivity contribution is 0.673. The van der Waals surface area contributed by atoms with E-state index >= 15 is 0 Å². The van der Waals surface area contributed by atoms with E-state index in [4.69, 9.17) is 4.42 Å². The molecule has 0 aliphatic carbocycles. The third-order valence-electron chi connectivity index (χ3n) is 5.95. The van der Waals surface area contributed by atoms with Crippen molar-refractivity contribution in [1.82, 2.24) is 4.98 Å². The Morgan fingerprint density at radius 2 is 1.21 bits per heavy atom. The number of hydrogen-bond donors (Lipinski definition) is 1. The van der Waals surface area contributed by atoms with Gasteiger partial charge in [-0.25, -0.2) is 0 Å². The summed E-state index contributed by atoms with van der Waals surface area (Å²) in [7, 11) is 0. The second kappa shape index (κ2) is 4.93. The summed E-state index contributed by atoms with van der Waals surface area (Å²) in [5, 5.41) is 9.64. The topological polar surface area (TPSA) is 28.9 Å². The highest BCUT2D eigenvalue weighted by Crippen LogP contribution is 2.38. The van der Waals surface area contributed by atoms with Crippen molar-refractivity contribution in [2.45, 2.75) is 0 Å². The molecule has 130 valence electrons. The molecule has 2 aromatic heterocycles. The van der Waals surface area contributed by atoms with Crippen molar-refractivity contribution in [3.63, 3.8) is 0 Å². The number of nitrogens with one attached hydrogen (secondary N) is 1. The van der Waals surface area contributed by atoms with E-state index in [1.807, 2.05) is 0 Å². The van der Waals surface area contributed by atoms with E-state index in [2.05, 4.69) is 89.9 Å². The molecule has 2 nitrogen and oxygen atoms in total. The quantitative estimate of drug-likeness (QED) is 0.299. The maximum atomic E-state index is 6.37. The molecular weight excluding hydrogens is 342 g/mol. The highest BCUT2D eigenvalue weighted by molar-refractivity contribution is 6.20. The van der Waals surface area contributed by atoms with Gasteiger partial charge in [0.1, 0.15) is 11.2 Å². The SMILES string of the molecule is c1ccc2cc3c(cc2c1)[nH]c1cc2c(cc13)oc1c3ccccc3ccc21. The van der Waals surface area contributed by atoms with Crippen LogP contribution in [0, 0.1) is 0 Å². The number of benzene rings is 5. The van der Waals surface area contributed by atoms with Gasteiger partial charge in [0.05, 0.1) is 0 Å².